The number of carbonyl (C=O) groups is 2. The van der Waals surface area contributed by atoms with Crippen molar-refractivity contribution in [2.45, 2.75) is 57.5 Å². The Morgan fingerprint density at radius 1 is 1.20 bits per heavy atom. The molecule has 1 aliphatic rings. The van der Waals surface area contributed by atoms with E-state index < -0.39 is 23.8 Å². The zero-order chi connectivity index (χ0) is 25.4. The number of aldehydes is 1. The minimum absolute atomic E-state index is 0.0773. The summed E-state index contributed by atoms with van der Waals surface area (Å²) in [6.07, 6.45) is 1.15. The molecular weight excluding hydrogens is 465 g/mol. The van der Waals surface area contributed by atoms with Crippen LogP contribution in [0.4, 0.5) is 18.9 Å². The van der Waals surface area contributed by atoms with Gasteiger partial charge in [0.1, 0.15) is 12.0 Å². The molecule has 0 aliphatic heterocycles. The summed E-state index contributed by atoms with van der Waals surface area (Å²) >= 11 is 0. The average Bonchev–Trinajstić information content (AvgIpc) is 3.20. The molecule has 3 aromatic rings. The highest BCUT2D eigenvalue weighted by molar-refractivity contribution is 6.04. The number of nitrogens with one attached hydrogen (secondary N) is 1. The summed E-state index contributed by atoms with van der Waals surface area (Å²) in [5, 5.41) is 18.7. The standard InChI is InChI=1S/C24H25F3N4O4/c1-23(2,34)17-11-19-15(12-31(30-19)16-8-6-14(13-32)7-9-16)10-20(17)29-22(33)18-4-3-5-21(28-18)35-24(25,26)27/h3-5,10-14,16,34H,6-9H2,1-2H3,(H,29,33)/t14-,16-. The van der Waals surface area contributed by atoms with Crippen molar-refractivity contribution in [3.63, 3.8) is 0 Å². The number of hydrogen-bond donors (Lipinski definition) is 2. The van der Waals surface area contributed by atoms with Crippen LogP contribution in [0.5, 0.6) is 5.88 Å². The average molecular weight is 490 g/mol. The number of ether oxygens (including phenoxy) is 1. The molecule has 11 heteroatoms. The number of aliphatic hydroxyl groups is 1. The second-order valence-corrected chi connectivity index (χ2v) is 9.19. The summed E-state index contributed by atoms with van der Waals surface area (Å²) in [7, 11) is 0. The van der Waals surface area contributed by atoms with Crippen molar-refractivity contribution in [2.24, 2.45) is 5.92 Å². The molecule has 0 unspecified atom stereocenters. The zero-order valence-corrected chi connectivity index (χ0v) is 19.2. The van der Waals surface area contributed by atoms with E-state index in [0.717, 1.165) is 38.0 Å². The highest BCUT2D eigenvalue weighted by Crippen LogP contribution is 2.35. The SMILES string of the molecule is CC(C)(O)c1cc2nn([C@H]3CC[C@H](C=O)CC3)cc2cc1NC(=O)c1cccc(OC(F)(F)F)n1. The monoisotopic (exact) mass is 490 g/mol. The largest absolute Gasteiger partial charge is 0.574 e. The number of hydrogen-bond acceptors (Lipinski definition) is 6. The predicted molar refractivity (Wildman–Crippen MR) is 121 cm³/mol. The molecular formula is C24H25F3N4O4. The smallest absolute Gasteiger partial charge is 0.388 e. The fraction of sp³-hybridized carbons (Fsp3) is 0.417. The van der Waals surface area contributed by atoms with Crippen LogP contribution < -0.4 is 10.1 Å². The summed E-state index contributed by atoms with van der Waals surface area (Å²) in [4.78, 5) is 27.5. The summed E-state index contributed by atoms with van der Waals surface area (Å²) in [5.41, 5.74) is -0.344. The van der Waals surface area contributed by atoms with Crippen LogP contribution in [0.25, 0.3) is 10.9 Å². The van der Waals surface area contributed by atoms with Gasteiger partial charge in [-0.15, -0.1) is 13.2 Å². The molecule has 1 aromatic carbocycles. The number of aromatic nitrogens is 3. The first-order chi connectivity index (χ1) is 16.4. The normalized spacial score (nSPS) is 18.9. The first-order valence-corrected chi connectivity index (χ1v) is 11.2. The van der Waals surface area contributed by atoms with Gasteiger partial charge < -0.3 is 20.0 Å². The minimum Gasteiger partial charge on any atom is -0.388 e. The van der Waals surface area contributed by atoms with E-state index in [0.29, 0.717) is 16.5 Å². The lowest BCUT2D eigenvalue weighted by Gasteiger charge is -2.25. The number of halogens is 3. The van der Waals surface area contributed by atoms with E-state index in [9.17, 15) is 27.9 Å². The van der Waals surface area contributed by atoms with E-state index in [1.165, 1.54) is 12.1 Å². The molecule has 1 amide bonds. The molecule has 4 rings (SSSR count). The Balaban J connectivity index is 1.63. The van der Waals surface area contributed by atoms with Crippen molar-refractivity contribution in [3.05, 3.63) is 47.8 Å². The van der Waals surface area contributed by atoms with Crippen LogP contribution in [0.1, 0.15) is 61.6 Å². The Hall–Kier alpha value is -3.47. The molecule has 1 aliphatic carbocycles. The highest BCUT2D eigenvalue weighted by atomic mass is 19.4. The first-order valence-electron chi connectivity index (χ1n) is 11.2. The van der Waals surface area contributed by atoms with E-state index in [2.05, 4.69) is 20.1 Å². The fourth-order valence-corrected chi connectivity index (χ4v) is 4.29. The topological polar surface area (TPSA) is 106 Å². The van der Waals surface area contributed by atoms with Gasteiger partial charge in [-0.1, -0.05) is 6.07 Å². The van der Waals surface area contributed by atoms with Crippen molar-refractivity contribution >= 4 is 28.8 Å². The third-order valence-corrected chi connectivity index (χ3v) is 6.05. The molecule has 1 saturated carbocycles. The Morgan fingerprint density at radius 3 is 2.54 bits per heavy atom. The molecule has 0 radical (unpaired) electrons. The minimum atomic E-state index is -4.94. The molecule has 186 valence electrons. The van der Waals surface area contributed by atoms with Crippen LogP contribution in [0.2, 0.25) is 0 Å². The summed E-state index contributed by atoms with van der Waals surface area (Å²) in [6, 6.07) is 6.96. The number of nitrogens with zero attached hydrogens (tertiary/aromatic N) is 3. The number of benzene rings is 1. The van der Waals surface area contributed by atoms with E-state index in [-0.39, 0.29) is 23.3 Å². The van der Waals surface area contributed by atoms with Gasteiger partial charge in [0.05, 0.1) is 17.2 Å². The molecule has 8 nitrogen and oxygen atoms in total. The van der Waals surface area contributed by atoms with Gasteiger partial charge in [-0.2, -0.15) is 5.10 Å². The first kappa shape index (κ1) is 24.6. The third-order valence-electron chi connectivity index (χ3n) is 6.05. The maximum atomic E-state index is 12.8. The van der Waals surface area contributed by atoms with Crippen LogP contribution in [0.3, 0.4) is 0 Å². The van der Waals surface area contributed by atoms with Gasteiger partial charge in [-0.25, -0.2) is 4.98 Å². The van der Waals surface area contributed by atoms with Crippen molar-refractivity contribution in [1.29, 1.82) is 0 Å². The molecule has 2 aromatic heterocycles. The van der Waals surface area contributed by atoms with Gasteiger partial charge in [-0.05, 0) is 57.7 Å². The number of amides is 1. The van der Waals surface area contributed by atoms with Crippen molar-refractivity contribution in [3.8, 4) is 5.88 Å². The van der Waals surface area contributed by atoms with Crippen LogP contribution in [0, 0.1) is 5.92 Å². The van der Waals surface area contributed by atoms with Gasteiger partial charge in [0, 0.05) is 34.8 Å². The molecule has 0 spiro atoms. The number of anilines is 1. The molecule has 1 fully saturated rings. The van der Waals surface area contributed by atoms with E-state index >= 15 is 0 Å². The Morgan fingerprint density at radius 2 is 1.91 bits per heavy atom. The maximum Gasteiger partial charge on any atom is 0.574 e. The summed E-state index contributed by atoms with van der Waals surface area (Å²) < 4.78 is 43.2. The number of alkyl halides is 3. The number of carbonyl (C=O) groups excluding carboxylic acids is 2. The van der Waals surface area contributed by atoms with Crippen molar-refractivity contribution < 1.29 is 32.6 Å². The molecule has 2 N–H and O–H groups in total. The lowest BCUT2D eigenvalue weighted by atomic mass is 9.87. The summed E-state index contributed by atoms with van der Waals surface area (Å²) in [6.45, 7) is 3.11. The van der Waals surface area contributed by atoms with Gasteiger partial charge in [-0.3, -0.25) is 9.48 Å². The molecule has 35 heavy (non-hydrogen) atoms. The Bertz CT molecular complexity index is 1240. The summed E-state index contributed by atoms with van der Waals surface area (Å²) in [5.74, 6) is -1.44. The fourth-order valence-electron chi connectivity index (χ4n) is 4.29. The highest BCUT2D eigenvalue weighted by Gasteiger charge is 2.32. The zero-order valence-electron chi connectivity index (χ0n) is 19.2. The van der Waals surface area contributed by atoms with Gasteiger partial charge in [0.15, 0.2) is 0 Å². The second kappa shape index (κ2) is 9.29. The van der Waals surface area contributed by atoms with Gasteiger partial charge in [0.2, 0.25) is 5.88 Å². The molecule has 0 saturated heterocycles. The Labute approximate surface area is 199 Å². The van der Waals surface area contributed by atoms with Crippen molar-refractivity contribution in [2.75, 3.05) is 5.32 Å². The molecule has 0 atom stereocenters. The lowest BCUT2D eigenvalue weighted by Crippen LogP contribution is -2.22. The maximum absolute atomic E-state index is 12.8. The number of rotatable bonds is 6. The molecule has 0 bridgehead atoms. The van der Waals surface area contributed by atoms with Gasteiger partial charge in [0.25, 0.3) is 5.91 Å². The van der Waals surface area contributed by atoms with Crippen LogP contribution in [0.15, 0.2) is 36.5 Å². The third kappa shape index (κ3) is 5.79. The van der Waals surface area contributed by atoms with Crippen LogP contribution in [-0.4, -0.2) is 38.4 Å². The number of fused-ring (bicyclic) bond motifs is 1. The predicted octanol–water partition coefficient (Wildman–Crippen LogP) is 4.74. The lowest BCUT2D eigenvalue weighted by molar-refractivity contribution is -0.276. The quantitative estimate of drug-likeness (QED) is 0.484. The van der Waals surface area contributed by atoms with E-state index in [1.807, 2.05) is 10.9 Å². The molecule has 2 heterocycles. The Kier molecular flexibility index (Phi) is 6.54. The van der Waals surface area contributed by atoms with Crippen LogP contribution in [-0.2, 0) is 10.4 Å². The van der Waals surface area contributed by atoms with Crippen molar-refractivity contribution in [1.82, 2.24) is 14.8 Å². The van der Waals surface area contributed by atoms with Gasteiger partial charge >= 0.3 is 6.36 Å². The van der Waals surface area contributed by atoms with E-state index in [1.54, 1.807) is 26.0 Å². The number of pyridine rings is 1. The second-order valence-electron chi connectivity index (χ2n) is 9.19. The van der Waals surface area contributed by atoms with Crippen LogP contribution >= 0.6 is 0 Å². The van der Waals surface area contributed by atoms with E-state index in [4.69, 9.17) is 0 Å².